The summed E-state index contributed by atoms with van der Waals surface area (Å²) in [6.07, 6.45) is 2.64. The molecule has 1 aromatic carbocycles. The van der Waals surface area contributed by atoms with Crippen molar-refractivity contribution in [3.63, 3.8) is 0 Å². The quantitative estimate of drug-likeness (QED) is 0.858. The number of hydrogen-bond acceptors (Lipinski definition) is 3. The van der Waals surface area contributed by atoms with Crippen LogP contribution in [0.25, 0.3) is 0 Å². The molecule has 0 aliphatic heterocycles. The van der Waals surface area contributed by atoms with Crippen LogP contribution in [0.2, 0.25) is 0 Å². The van der Waals surface area contributed by atoms with E-state index in [9.17, 15) is 4.21 Å². The van der Waals surface area contributed by atoms with Gasteiger partial charge in [0.15, 0.2) is 0 Å². The maximum Gasteiger partial charge on any atom is 0.0991 e. The van der Waals surface area contributed by atoms with Gasteiger partial charge in [0.25, 0.3) is 0 Å². The van der Waals surface area contributed by atoms with Crippen LogP contribution in [0.1, 0.15) is 37.4 Å². The first-order valence-corrected chi connectivity index (χ1v) is 7.81. The highest BCUT2D eigenvalue weighted by Crippen LogP contribution is 2.14. The van der Waals surface area contributed by atoms with Crippen molar-refractivity contribution < 1.29 is 4.21 Å². The van der Waals surface area contributed by atoms with Gasteiger partial charge in [-0.05, 0) is 38.0 Å². The van der Waals surface area contributed by atoms with Crippen LogP contribution < -0.4 is 5.32 Å². The second-order valence-electron chi connectivity index (χ2n) is 4.59. The van der Waals surface area contributed by atoms with Gasteiger partial charge in [-0.1, -0.05) is 12.1 Å². The van der Waals surface area contributed by atoms with Crippen molar-refractivity contribution in [2.75, 3.05) is 12.0 Å². The Labute approximate surface area is 112 Å². The highest BCUT2D eigenvalue weighted by atomic mass is 32.2. The van der Waals surface area contributed by atoms with Crippen molar-refractivity contribution in [1.82, 2.24) is 5.32 Å². The van der Waals surface area contributed by atoms with Gasteiger partial charge in [-0.3, -0.25) is 4.21 Å². The predicted octanol–water partition coefficient (Wildman–Crippen LogP) is 2.37. The van der Waals surface area contributed by atoms with E-state index in [1.807, 2.05) is 24.3 Å². The summed E-state index contributed by atoms with van der Waals surface area (Å²) < 4.78 is 11.0. The SMILES string of the molecule is CC(CCS(C)=O)NC(C)c1ccc(C#N)cc1. The number of rotatable bonds is 6. The van der Waals surface area contributed by atoms with Crippen LogP contribution in [0.3, 0.4) is 0 Å². The van der Waals surface area contributed by atoms with Gasteiger partial charge in [-0.2, -0.15) is 5.26 Å². The Kier molecular flexibility index (Phi) is 6.03. The number of nitriles is 1. The lowest BCUT2D eigenvalue weighted by Crippen LogP contribution is -2.30. The molecule has 0 amide bonds. The lowest BCUT2D eigenvalue weighted by molar-refractivity contribution is 0.470. The minimum absolute atomic E-state index is 0.234. The molecular weight excluding hydrogens is 244 g/mol. The van der Waals surface area contributed by atoms with E-state index >= 15 is 0 Å². The number of nitrogens with zero attached hydrogens (tertiary/aromatic N) is 1. The molecule has 1 N–H and O–H groups in total. The van der Waals surface area contributed by atoms with Crippen molar-refractivity contribution in [3.8, 4) is 6.07 Å². The maximum atomic E-state index is 11.0. The first-order valence-electron chi connectivity index (χ1n) is 6.09. The van der Waals surface area contributed by atoms with Gasteiger partial charge < -0.3 is 5.32 Å². The molecular formula is C14H20N2OS. The van der Waals surface area contributed by atoms with E-state index in [-0.39, 0.29) is 6.04 Å². The Bertz CT molecular complexity index is 436. The van der Waals surface area contributed by atoms with Gasteiger partial charge in [0, 0.05) is 34.9 Å². The molecule has 0 bridgehead atoms. The molecule has 18 heavy (non-hydrogen) atoms. The Morgan fingerprint density at radius 2 is 1.94 bits per heavy atom. The summed E-state index contributed by atoms with van der Waals surface area (Å²) in [6, 6.07) is 10.3. The van der Waals surface area contributed by atoms with E-state index in [0.29, 0.717) is 11.6 Å². The van der Waals surface area contributed by atoms with Crippen molar-refractivity contribution in [3.05, 3.63) is 35.4 Å². The van der Waals surface area contributed by atoms with Crippen molar-refractivity contribution in [2.24, 2.45) is 0 Å². The minimum Gasteiger partial charge on any atom is -0.308 e. The highest BCUT2D eigenvalue weighted by Gasteiger charge is 2.09. The van der Waals surface area contributed by atoms with Crippen LogP contribution in [0, 0.1) is 11.3 Å². The normalized spacial score (nSPS) is 15.7. The molecule has 0 radical (unpaired) electrons. The summed E-state index contributed by atoms with van der Waals surface area (Å²) in [5.41, 5.74) is 1.85. The topological polar surface area (TPSA) is 52.9 Å². The Morgan fingerprint density at radius 1 is 1.33 bits per heavy atom. The van der Waals surface area contributed by atoms with Gasteiger partial charge in [0.2, 0.25) is 0 Å². The zero-order chi connectivity index (χ0) is 13.5. The Hall–Kier alpha value is -1.18. The molecule has 4 heteroatoms. The number of nitrogens with one attached hydrogen (secondary N) is 1. The molecule has 3 nitrogen and oxygen atoms in total. The molecule has 0 aliphatic rings. The second kappa shape index (κ2) is 7.30. The Balaban J connectivity index is 2.51. The smallest absolute Gasteiger partial charge is 0.0991 e. The molecule has 1 rings (SSSR count). The molecule has 3 atom stereocenters. The third-order valence-corrected chi connectivity index (χ3v) is 3.72. The van der Waals surface area contributed by atoms with Crippen molar-refractivity contribution in [2.45, 2.75) is 32.4 Å². The van der Waals surface area contributed by atoms with Gasteiger partial charge >= 0.3 is 0 Å². The van der Waals surface area contributed by atoms with Crippen LogP contribution >= 0.6 is 0 Å². The molecule has 0 aliphatic carbocycles. The summed E-state index contributed by atoms with van der Waals surface area (Å²) in [7, 11) is -0.726. The van der Waals surface area contributed by atoms with Crippen LogP contribution in [-0.2, 0) is 10.8 Å². The molecule has 0 spiro atoms. The molecule has 0 heterocycles. The summed E-state index contributed by atoms with van der Waals surface area (Å²) in [5.74, 6) is 0.730. The molecule has 98 valence electrons. The highest BCUT2D eigenvalue weighted by molar-refractivity contribution is 7.84. The molecule has 0 saturated carbocycles. The first kappa shape index (κ1) is 14.9. The molecule has 0 saturated heterocycles. The molecule has 0 fully saturated rings. The van der Waals surface area contributed by atoms with Gasteiger partial charge in [-0.15, -0.1) is 0 Å². The average Bonchev–Trinajstić information content (AvgIpc) is 2.36. The van der Waals surface area contributed by atoms with Crippen LogP contribution in [0.4, 0.5) is 0 Å². The van der Waals surface area contributed by atoms with E-state index in [1.54, 1.807) is 6.26 Å². The lowest BCUT2D eigenvalue weighted by Gasteiger charge is -2.20. The monoisotopic (exact) mass is 264 g/mol. The zero-order valence-electron chi connectivity index (χ0n) is 11.1. The maximum absolute atomic E-state index is 11.0. The van der Waals surface area contributed by atoms with E-state index < -0.39 is 10.8 Å². The largest absolute Gasteiger partial charge is 0.308 e. The summed E-state index contributed by atoms with van der Waals surface area (Å²) in [6.45, 7) is 4.20. The lowest BCUT2D eigenvalue weighted by atomic mass is 10.1. The zero-order valence-corrected chi connectivity index (χ0v) is 12.0. The van der Waals surface area contributed by atoms with Gasteiger partial charge in [0.05, 0.1) is 11.6 Å². The number of benzene rings is 1. The molecule has 1 aromatic rings. The van der Waals surface area contributed by atoms with E-state index in [4.69, 9.17) is 5.26 Å². The standard InChI is InChI=1S/C14H20N2OS/c1-11(8-9-18(3)17)16-12(2)14-6-4-13(10-15)5-7-14/h4-7,11-12,16H,8-9H2,1-3H3. The minimum atomic E-state index is -0.726. The van der Waals surface area contributed by atoms with Crippen LogP contribution in [-0.4, -0.2) is 22.3 Å². The van der Waals surface area contributed by atoms with Crippen molar-refractivity contribution in [1.29, 1.82) is 5.26 Å². The van der Waals surface area contributed by atoms with E-state index in [0.717, 1.165) is 12.2 Å². The summed E-state index contributed by atoms with van der Waals surface area (Å²) in [5, 5.41) is 12.2. The van der Waals surface area contributed by atoms with E-state index in [1.165, 1.54) is 5.56 Å². The summed E-state index contributed by atoms with van der Waals surface area (Å²) in [4.78, 5) is 0. The molecule has 3 unspecified atom stereocenters. The second-order valence-corrected chi connectivity index (χ2v) is 6.14. The third-order valence-electron chi connectivity index (χ3n) is 2.91. The molecule has 0 aromatic heterocycles. The Morgan fingerprint density at radius 3 is 2.44 bits per heavy atom. The average molecular weight is 264 g/mol. The van der Waals surface area contributed by atoms with E-state index in [2.05, 4.69) is 25.2 Å². The predicted molar refractivity (Wildman–Crippen MR) is 75.7 cm³/mol. The fourth-order valence-corrected chi connectivity index (χ4v) is 2.48. The van der Waals surface area contributed by atoms with Gasteiger partial charge in [0.1, 0.15) is 0 Å². The fraction of sp³-hybridized carbons (Fsp3) is 0.500. The van der Waals surface area contributed by atoms with Crippen LogP contribution in [0.5, 0.6) is 0 Å². The summed E-state index contributed by atoms with van der Waals surface area (Å²) >= 11 is 0. The van der Waals surface area contributed by atoms with Crippen LogP contribution in [0.15, 0.2) is 24.3 Å². The van der Waals surface area contributed by atoms with Crippen molar-refractivity contribution >= 4 is 10.8 Å². The first-order chi connectivity index (χ1) is 8.52. The van der Waals surface area contributed by atoms with Gasteiger partial charge in [-0.25, -0.2) is 0 Å². The third kappa shape index (κ3) is 4.99. The number of hydrogen-bond donors (Lipinski definition) is 1. The fourth-order valence-electron chi connectivity index (χ4n) is 1.80.